The molecule has 0 amide bonds. The Morgan fingerprint density at radius 3 is 2.49 bits per heavy atom. The van der Waals surface area contributed by atoms with Gasteiger partial charge in [-0.2, -0.15) is 15.1 Å². The molecule has 0 aliphatic carbocycles. The van der Waals surface area contributed by atoms with E-state index in [1.165, 1.54) is 30.8 Å². The molecule has 0 radical (unpaired) electrons. The summed E-state index contributed by atoms with van der Waals surface area (Å²) in [6.07, 6.45) is -3.31. The van der Waals surface area contributed by atoms with Crippen LogP contribution < -0.4 is 21.1 Å². The molecule has 2 aromatic heterocycles. The summed E-state index contributed by atoms with van der Waals surface area (Å²) < 4.78 is 43.8. The Morgan fingerprint density at radius 2 is 1.81 bits per heavy atom. The zero-order valence-electron chi connectivity index (χ0n) is 27.0. The lowest BCUT2D eigenvalue weighted by Gasteiger charge is -2.27. The number of nitrogens with one attached hydrogen (secondary N) is 1. The van der Waals surface area contributed by atoms with Crippen molar-refractivity contribution in [1.82, 2.24) is 24.6 Å². The highest BCUT2D eigenvalue weighted by molar-refractivity contribution is 7.52. The van der Waals surface area contributed by atoms with Gasteiger partial charge in [0.1, 0.15) is 35.1 Å². The fourth-order valence-corrected chi connectivity index (χ4v) is 6.42. The molecule has 4 rings (SSSR count). The van der Waals surface area contributed by atoms with Gasteiger partial charge in [-0.3, -0.25) is 18.7 Å². The number of fused-ring (bicyclic) bond motifs is 1. The largest absolute Gasteiger partial charge is 0.463 e. The first-order valence-electron chi connectivity index (χ1n) is 15.0. The van der Waals surface area contributed by atoms with Gasteiger partial charge in [0.25, 0.3) is 0 Å². The average Bonchev–Trinajstić information content (AvgIpc) is 3.48. The lowest BCUT2D eigenvalue weighted by atomic mass is 9.96. The van der Waals surface area contributed by atoms with Gasteiger partial charge in [0.05, 0.1) is 25.1 Å². The van der Waals surface area contributed by atoms with Gasteiger partial charge in [0.2, 0.25) is 5.95 Å². The van der Waals surface area contributed by atoms with Crippen LogP contribution in [0.15, 0.2) is 30.6 Å². The molecular formula is C29H42N7O10P. The second-order valence-electron chi connectivity index (χ2n) is 11.9. The summed E-state index contributed by atoms with van der Waals surface area (Å²) in [7, 11) is -4.46. The van der Waals surface area contributed by atoms with Gasteiger partial charge in [-0.05, 0) is 59.6 Å². The van der Waals surface area contributed by atoms with Crippen LogP contribution >= 0.6 is 7.75 Å². The number of aryl methyl sites for hydroxylation is 1. The Hall–Kier alpha value is -3.86. The van der Waals surface area contributed by atoms with Gasteiger partial charge in [-0.15, -0.1) is 0 Å². The summed E-state index contributed by atoms with van der Waals surface area (Å²) in [5.74, 6) is -1.15. The third kappa shape index (κ3) is 8.54. The standard InChI is InChI=1S/C29H42N7O10P/c1-15(2)43-21(37)12-11-18-9-7-8-10-19(18)46-47(41,35-17(5)26(39)44-16(3)4)42-13-20-23(38)29(6,40)27(45-20)36-14-32-22-24(30)33-28(31)34-25(22)36/h7-10,14-17,20,23,27,38,40H,11-13H2,1-6H3,(H,35,41)(H4,30,31,33,34)/t17-,20+,23-,27+,29-,47?/m0/s1. The maximum Gasteiger partial charge on any atom is 0.459 e. The zero-order valence-corrected chi connectivity index (χ0v) is 27.9. The number of aliphatic hydroxyl groups excluding tert-OH is 1. The molecule has 258 valence electrons. The molecule has 1 aliphatic rings. The SMILES string of the molecule is CC(C)OC(=O)CCc1ccccc1OP(=O)(N[C@@H](C)C(=O)OC(C)C)OC[C@H]1O[C@@H](n2cnc3c(N)nc(N)nc32)[C@@](C)(O)[C@H]1O. The molecule has 1 saturated heterocycles. The van der Waals surface area contributed by atoms with Crippen molar-refractivity contribution in [2.75, 3.05) is 18.1 Å². The van der Waals surface area contributed by atoms with E-state index in [0.717, 1.165) is 0 Å². The zero-order chi connectivity index (χ0) is 34.7. The summed E-state index contributed by atoms with van der Waals surface area (Å²) in [5, 5.41) is 25.0. The fourth-order valence-electron chi connectivity index (χ4n) is 4.88. The molecule has 6 atom stereocenters. The number of benzene rings is 1. The van der Waals surface area contributed by atoms with E-state index in [2.05, 4.69) is 20.0 Å². The summed E-state index contributed by atoms with van der Waals surface area (Å²) in [6, 6.07) is 5.41. The highest BCUT2D eigenvalue weighted by Gasteiger charge is 2.54. The molecule has 3 heterocycles. The molecule has 1 unspecified atom stereocenters. The van der Waals surface area contributed by atoms with Gasteiger partial charge in [0.15, 0.2) is 17.7 Å². The fraction of sp³-hybridized carbons (Fsp3) is 0.552. The molecular weight excluding hydrogens is 637 g/mol. The Morgan fingerprint density at radius 1 is 1.13 bits per heavy atom. The second kappa shape index (κ2) is 14.5. The first kappa shape index (κ1) is 36.0. The van der Waals surface area contributed by atoms with Gasteiger partial charge >= 0.3 is 19.7 Å². The monoisotopic (exact) mass is 679 g/mol. The van der Waals surface area contributed by atoms with Crippen LogP contribution in [-0.4, -0.2) is 84.3 Å². The minimum atomic E-state index is -4.46. The van der Waals surface area contributed by atoms with E-state index < -0.39 is 62.5 Å². The van der Waals surface area contributed by atoms with Gasteiger partial charge < -0.3 is 40.4 Å². The maximum absolute atomic E-state index is 14.3. The van der Waals surface area contributed by atoms with Gasteiger partial charge in [-0.1, -0.05) is 18.2 Å². The Labute approximate surface area is 271 Å². The van der Waals surface area contributed by atoms with Crippen LogP contribution in [0.5, 0.6) is 5.75 Å². The smallest absolute Gasteiger partial charge is 0.459 e. The van der Waals surface area contributed by atoms with Crippen molar-refractivity contribution in [3.8, 4) is 5.75 Å². The molecule has 1 aromatic carbocycles. The molecule has 0 saturated carbocycles. The molecule has 17 nitrogen and oxygen atoms in total. The van der Waals surface area contributed by atoms with Gasteiger partial charge in [-0.25, -0.2) is 9.55 Å². The predicted molar refractivity (Wildman–Crippen MR) is 169 cm³/mol. The topological polar surface area (TPSA) is 245 Å². The summed E-state index contributed by atoms with van der Waals surface area (Å²) in [4.78, 5) is 37.0. The van der Waals surface area contributed by atoms with Crippen LogP contribution in [0.4, 0.5) is 11.8 Å². The Balaban J connectivity index is 1.58. The first-order chi connectivity index (χ1) is 22.0. The first-order valence-corrected chi connectivity index (χ1v) is 16.6. The number of nitrogen functional groups attached to an aromatic ring is 2. The number of hydrogen-bond donors (Lipinski definition) is 5. The van der Waals surface area contributed by atoms with E-state index in [0.29, 0.717) is 5.56 Å². The van der Waals surface area contributed by atoms with E-state index in [-0.39, 0.29) is 47.6 Å². The minimum absolute atomic E-state index is 0.00990. The second-order valence-corrected chi connectivity index (χ2v) is 13.5. The van der Waals surface area contributed by atoms with Crippen LogP contribution in [0.25, 0.3) is 11.2 Å². The number of nitrogens with zero attached hydrogens (tertiary/aromatic N) is 4. The summed E-state index contributed by atoms with van der Waals surface area (Å²) in [6.45, 7) is 8.99. The molecule has 3 aromatic rings. The van der Waals surface area contributed by atoms with Crippen molar-refractivity contribution in [1.29, 1.82) is 0 Å². The lowest BCUT2D eigenvalue weighted by Crippen LogP contribution is -2.44. The number of imidazole rings is 1. The van der Waals surface area contributed by atoms with Crippen LogP contribution in [-0.2, 0) is 39.3 Å². The Bertz CT molecular complexity index is 1630. The number of hydrogen-bond acceptors (Lipinski definition) is 15. The average molecular weight is 680 g/mol. The van der Waals surface area contributed by atoms with Crippen molar-refractivity contribution in [3.05, 3.63) is 36.2 Å². The Kier molecular flexibility index (Phi) is 11.1. The van der Waals surface area contributed by atoms with Crippen LogP contribution in [0, 0.1) is 0 Å². The highest BCUT2D eigenvalue weighted by Crippen LogP contribution is 2.48. The molecule has 1 aliphatic heterocycles. The number of esters is 2. The summed E-state index contributed by atoms with van der Waals surface area (Å²) >= 11 is 0. The normalized spacial score (nSPS) is 23.1. The van der Waals surface area contributed by atoms with Gasteiger partial charge in [0, 0.05) is 6.42 Å². The quantitative estimate of drug-likeness (QED) is 0.121. The van der Waals surface area contributed by atoms with Crippen LogP contribution in [0.1, 0.15) is 59.8 Å². The lowest BCUT2D eigenvalue weighted by molar-refractivity contribution is -0.149. The predicted octanol–water partition coefficient (Wildman–Crippen LogP) is 2.02. The van der Waals surface area contributed by atoms with Crippen molar-refractivity contribution in [2.45, 2.75) is 96.7 Å². The third-order valence-electron chi connectivity index (χ3n) is 7.10. The highest BCUT2D eigenvalue weighted by atomic mass is 31.2. The third-order valence-corrected chi connectivity index (χ3v) is 8.73. The van der Waals surface area contributed by atoms with E-state index in [9.17, 15) is 24.4 Å². The molecule has 0 spiro atoms. The number of rotatable bonds is 14. The number of aliphatic hydroxyl groups is 2. The van der Waals surface area contributed by atoms with Crippen molar-refractivity contribution in [2.24, 2.45) is 0 Å². The molecule has 7 N–H and O–H groups in total. The summed E-state index contributed by atoms with van der Waals surface area (Å²) in [5.41, 5.74) is 10.6. The van der Waals surface area contributed by atoms with E-state index in [1.807, 2.05) is 0 Å². The number of anilines is 2. The number of carbonyl (C=O) groups excluding carboxylic acids is 2. The van der Waals surface area contributed by atoms with Crippen molar-refractivity contribution >= 4 is 42.6 Å². The van der Waals surface area contributed by atoms with E-state index in [1.54, 1.807) is 45.9 Å². The molecule has 18 heteroatoms. The molecule has 0 bridgehead atoms. The number of carbonyl (C=O) groups is 2. The van der Waals surface area contributed by atoms with Crippen LogP contribution in [0.2, 0.25) is 0 Å². The number of ether oxygens (including phenoxy) is 3. The van der Waals surface area contributed by atoms with E-state index >= 15 is 0 Å². The number of aromatic nitrogens is 4. The minimum Gasteiger partial charge on any atom is -0.463 e. The number of nitrogens with two attached hydrogens (primary N) is 2. The molecule has 1 fully saturated rings. The number of para-hydroxylation sites is 1. The van der Waals surface area contributed by atoms with E-state index in [4.69, 9.17) is 34.7 Å². The van der Waals surface area contributed by atoms with Crippen molar-refractivity contribution < 1.29 is 47.6 Å². The molecule has 47 heavy (non-hydrogen) atoms. The van der Waals surface area contributed by atoms with Crippen molar-refractivity contribution in [3.63, 3.8) is 0 Å². The van der Waals surface area contributed by atoms with Crippen LogP contribution in [0.3, 0.4) is 0 Å². The maximum atomic E-state index is 14.3.